The molecule has 0 aliphatic rings. The molecule has 3 aromatic heterocycles. The summed E-state index contributed by atoms with van der Waals surface area (Å²) in [5.41, 5.74) is 2.49. The second-order valence-corrected chi connectivity index (χ2v) is 7.83. The van der Waals surface area contributed by atoms with Crippen molar-refractivity contribution in [1.82, 2.24) is 19.7 Å². The maximum Gasteiger partial charge on any atom is 0.326 e. The summed E-state index contributed by atoms with van der Waals surface area (Å²) in [6, 6.07) is 7.65. The summed E-state index contributed by atoms with van der Waals surface area (Å²) in [7, 11) is 0. The Morgan fingerprint density at radius 2 is 2.03 bits per heavy atom. The van der Waals surface area contributed by atoms with Crippen LogP contribution in [0.4, 0.5) is 0 Å². The van der Waals surface area contributed by atoms with E-state index in [9.17, 15) is 9.59 Å². The third-order valence-electron chi connectivity index (χ3n) is 4.67. The number of rotatable bonds is 5. The molecule has 0 spiro atoms. The summed E-state index contributed by atoms with van der Waals surface area (Å²) >= 11 is 1.46. The Hall–Kier alpha value is -3.33. The van der Waals surface area contributed by atoms with Gasteiger partial charge in [0.2, 0.25) is 5.82 Å². The first-order chi connectivity index (χ1) is 13.9. The first kappa shape index (κ1) is 19.0. The number of hydrogen-bond acceptors (Lipinski definition) is 8. The van der Waals surface area contributed by atoms with Gasteiger partial charge >= 0.3 is 5.97 Å². The molecule has 29 heavy (non-hydrogen) atoms. The van der Waals surface area contributed by atoms with Gasteiger partial charge in [0.1, 0.15) is 11.4 Å². The lowest BCUT2D eigenvalue weighted by Gasteiger charge is -2.05. The van der Waals surface area contributed by atoms with Crippen LogP contribution in [0.2, 0.25) is 0 Å². The van der Waals surface area contributed by atoms with E-state index in [2.05, 4.69) is 15.1 Å². The lowest BCUT2D eigenvalue weighted by Crippen LogP contribution is -2.25. The maximum atomic E-state index is 12.6. The van der Waals surface area contributed by atoms with Gasteiger partial charge in [0.25, 0.3) is 11.4 Å². The van der Waals surface area contributed by atoms with Gasteiger partial charge in [-0.2, -0.15) is 4.98 Å². The number of thiophene rings is 1. The van der Waals surface area contributed by atoms with Crippen molar-refractivity contribution in [1.29, 1.82) is 0 Å². The Labute approximate surface area is 169 Å². The Balaban J connectivity index is 1.44. The molecule has 148 valence electrons. The maximum absolute atomic E-state index is 12.6. The van der Waals surface area contributed by atoms with Crippen molar-refractivity contribution in [3.05, 3.63) is 62.8 Å². The first-order valence-corrected chi connectivity index (χ1v) is 9.75. The van der Waals surface area contributed by atoms with Crippen molar-refractivity contribution >= 4 is 27.5 Å². The van der Waals surface area contributed by atoms with E-state index >= 15 is 0 Å². The Morgan fingerprint density at radius 1 is 1.24 bits per heavy atom. The van der Waals surface area contributed by atoms with E-state index in [0.29, 0.717) is 16.0 Å². The van der Waals surface area contributed by atoms with Gasteiger partial charge in [-0.05, 0) is 31.9 Å². The van der Waals surface area contributed by atoms with Crippen LogP contribution < -0.4 is 5.56 Å². The SMILES string of the molecule is Cc1ccccc1-c1noc(COC(=O)Cn2cnc3sc(C)c(C)c3c2=O)n1. The molecule has 0 atom stereocenters. The zero-order valence-corrected chi connectivity index (χ0v) is 16.9. The molecule has 8 nitrogen and oxygen atoms in total. The van der Waals surface area contributed by atoms with Crippen LogP contribution in [0, 0.1) is 20.8 Å². The fourth-order valence-corrected chi connectivity index (χ4v) is 3.94. The Bertz CT molecular complexity index is 1270. The molecule has 0 amide bonds. The molecule has 4 rings (SSSR count). The lowest BCUT2D eigenvalue weighted by molar-refractivity contribution is -0.146. The quantitative estimate of drug-likeness (QED) is 0.466. The minimum Gasteiger partial charge on any atom is -0.454 e. The van der Waals surface area contributed by atoms with Crippen LogP contribution in [-0.2, 0) is 22.7 Å². The number of fused-ring (bicyclic) bond motifs is 1. The van der Waals surface area contributed by atoms with E-state index in [1.165, 1.54) is 22.2 Å². The highest BCUT2D eigenvalue weighted by Gasteiger charge is 2.16. The van der Waals surface area contributed by atoms with Crippen LogP contribution in [0.1, 0.15) is 21.9 Å². The summed E-state index contributed by atoms with van der Waals surface area (Å²) in [6.07, 6.45) is 1.37. The van der Waals surface area contributed by atoms with Crippen molar-refractivity contribution in [3.63, 3.8) is 0 Å². The molecule has 0 radical (unpaired) electrons. The smallest absolute Gasteiger partial charge is 0.326 e. The van der Waals surface area contributed by atoms with E-state index < -0.39 is 5.97 Å². The number of aromatic nitrogens is 4. The van der Waals surface area contributed by atoms with E-state index in [0.717, 1.165) is 21.6 Å². The molecule has 4 aromatic rings. The monoisotopic (exact) mass is 410 g/mol. The van der Waals surface area contributed by atoms with Gasteiger partial charge < -0.3 is 9.26 Å². The Kier molecular flexibility index (Phi) is 4.98. The minimum absolute atomic E-state index is 0.168. The summed E-state index contributed by atoms with van der Waals surface area (Å²) in [5.74, 6) is 0.0265. The third kappa shape index (κ3) is 3.68. The van der Waals surface area contributed by atoms with E-state index in [4.69, 9.17) is 9.26 Å². The molecule has 0 saturated heterocycles. The summed E-state index contributed by atoms with van der Waals surface area (Å²) < 4.78 is 11.6. The summed E-state index contributed by atoms with van der Waals surface area (Å²) in [4.78, 5) is 35.1. The molecule has 0 saturated carbocycles. The summed E-state index contributed by atoms with van der Waals surface area (Å²) in [6.45, 7) is 5.36. The van der Waals surface area contributed by atoms with Crippen molar-refractivity contribution in [2.24, 2.45) is 0 Å². The molecule has 1 aromatic carbocycles. The third-order valence-corrected chi connectivity index (χ3v) is 5.78. The first-order valence-electron chi connectivity index (χ1n) is 8.93. The summed E-state index contributed by atoms with van der Waals surface area (Å²) in [5, 5.41) is 4.47. The highest BCUT2D eigenvalue weighted by atomic mass is 32.1. The van der Waals surface area contributed by atoms with Crippen LogP contribution in [0.15, 0.2) is 39.9 Å². The largest absolute Gasteiger partial charge is 0.454 e. The van der Waals surface area contributed by atoms with Crippen molar-refractivity contribution in [3.8, 4) is 11.4 Å². The lowest BCUT2D eigenvalue weighted by atomic mass is 10.1. The van der Waals surface area contributed by atoms with E-state index in [-0.39, 0.29) is 24.6 Å². The van der Waals surface area contributed by atoms with Gasteiger partial charge in [0.05, 0.1) is 11.7 Å². The molecule has 0 bridgehead atoms. The van der Waals surface area contributed by atoms with Gasteiger partial charge in [-0.1, -0.05) is 29.4 Å². The molecule has 0 N–H and O–H groups in total. The number of benzene rings is 1. The predicted molar refractivity (Wildman–Crippen MR) is 108 cm³/mol. The number of carbonyl (C=O) groups is 1. The van der Waals surface area contributed by atoms with Crippen molar-refractivity contribution in [2.45, 2.75) is 33.9 Å². The minimum atomic E-state index is -0.589. The van der Waals surface area contributed by atoms with Crippen LogP contribution >= 0.6 is 11.3 Å². The van der Waals surface area contributed by atoms with Crippen LogP contribution in [0.3, 0.4) is 0 Å². The molecule has 3 heterocycles. The second kappa shape index (κ2) is 7.59. The van der Waals surface area contributed by atoms with Gasteiger partial charge in [0, 0.05) is 10.4 Å². The molecular weight excluding hydrogens is 392 g/mol. The molecule has 0 aliphatic heterocycles. The average Bonchev–Trinajstić information content (AvgIpc) is 3.28. The highest BCUT2D eigenvalue weighted by molar-refractivity contribution is 7.18. The van der Waals surface area contributed by atoms with Crippen LogP contribution in [0.25, 0.3) is 21.6 Å². The molecule has 0 aliphatic carbocycles. The van der Waals surface area contributed by atoms with Crippen molar-refractivity contribution < 1.29 is 14.1 Å². The standard InChI is InChI=1S/C20H18N4O4S/c1-11-6-4-5-7-14(11)18-22-15(28-23-18)9-27-16(25)8-24-10-21-19-17(20(24)26)12(2)13(3)29-19/h4-7,10H,8-9H2,1-3H3. The second-order valence-electron chi connectivity index (χ2n) is 6.63. The fraction of sp³-hybridized carbons (Fsp3) is 0.250. The predicted octanol–water partition coefficient (Wildman–Crippen LogP) is 3.18. The molecule has 9 heteroatoms. The zero-order valence-electron chi connectivity index (χ0n) is 16.1. The molecule has 0 unspecified atom stereocenters. The topological polar surface area (TPSA) is 100 Å². The fourth-order valence-electron chi connectivity index (χ4n) is 2.96. The molecule has 0 fully saturated rings. The number of nitrogens with zero attached hydrogens (tertiary/aromatic N) is 4. The average molecular weight is 410 g/mol. The number of ether oxygens (including phenoxy) is 1. The number of aryl methyl sites for hydroxylation is 3. The van der Waals surface area contributed by atoms with Gasteiger partial charge in [0.15, 0.2) is 6.61 Å². The Morgan fingerprint density at radius 3 is 2.83 bits per heavy atom. The number of esters is 1. The van der Waals surface area contributed by atoms with Gasteiger partial charge in [-0.3, -0.25) is 14.2 Å². The van der Waals surface area contributed by atoms with Crippen LogP contribution in [-0.4, -0.2) is 25.7 Å². The molecular formula is C20H18N4O4S. The number of hydrogen-bond donors (Lipinski definition) is 0. The van der Waals surface area contributed by atoms with Crippen molar-refractivity contribution in [2.75, 3.05) is 0 Å². The van der Waals surface area contributed by atoms with E-state index in [1.807, 2.05) is 45.0 Å². The normalized spacial score (nSPS) is 11.1. The van der Waals surface area contributed by atoms with Gasteiger partial charge in [-0.25, -0.2) is 4.98 Å². The number of carbonyl (C=O) groups excluding carboxylic acids is 1. The van der Waals surface area contributed by atoms with E-state index in [1.54, 1.807) is 0 Å². The van der Waals surface area contributed by atoms with Crippen LogP contribution in [0.5, 0.6) is 0 Å². The van der Waals surface area contributed by atoms with Gasteiger partial charge in [-0.15, -0.1) is 11.3 Å². The highest BCUT2D eigenvalue weighted by Crippen LogP contribution is 2.25. The zero-order chi connectivity index (χ0) is 20.5.